The second kappa shape index (κ2) is 2.99. The molecule has 0 spiro atoms. The molecular formula is C12H17NO. The van der Waals surface area contributed by atoms with Crippen molar-refractivity contribution in [3.8, 4) is 0 Å². The van der Waals surface area contributed by atoms with Gasteiger partial charge in [0, 0.05) is 24.7 Å². The van der Waals surface area contributed by atoms with Crippen LogP contribution in [-0.4, -0.2) is 18.7 Å². The maximum Gasteiger partial charge on any atom is 0.0682 e. The smallest absolute Gasteiger partial charge is 0.0682 e. The number of nitrogens with zero attached hydrogens (tertiary/aromatic N) is 1. The van der Waals surface area contributed by atoms with Crippen molar-refractivity contribution < 1.29 is 5.11 Å². The third-order valence-electron chi connectivity index (χ3n) is 3.02. The van der Waals surface area contributed by atoms with Gasteiger partial charge in [0.15, 0.2) is 0 Å². The predicted octanol–water partition coefficient (Wildman–Crippen LogP) is 1.91. The van der Waals surface area contributed by atoms with Crippen molar-refractivity contribution in [1.29, 1.82) is 0 Å². The van der Waals surface area contributed by atoms with Gasteiger partial charge in [0.1, 0.15) is 0 Å². The standard InChI is InChI=1S/C12H17NO/c1-12(2)8-13(3)11-6-9(7-14)4-5-10(11)12/h4-6,14H,7-8H2,1-3H3. The third kappa shape index (κ3) is 1.30. The Balaban J connectivity index is 2.52. The highest BCUT2D eigenvalue weighted by Gasteiger charge is 2.32. The summed E-state index contributed by atoms with van der Waals surface area (Å²) in [7, 11) is 2.11. The van der Waals surface area contributed by atoms with E-state index in [1.54, 1.807) is 0 Å². The van der Waals surface area contributed by atoms with Crippen LogP contribution in [0, 0.1) is 0 Å². The van der Waals surface area contributed by atoms with Gasteiger partial charge in [0.05, 0.1) is 6.61 Å². The van der Waals surface area contributed by atoms with Crippen LogP contribution in [0.5, 0.6) is 0 Å². The Morgan fingerprint density at radius 3 is 2.79 bits per heavy atom. The van der Waals surface area contributed by atoms with Crippen molar-refractivity contribution in [2.45, 2.75) is 25.9 Å². The number of hydrogen-bond acceptors (Lipinski definition) is 2. The minimum Gasteiger partial charge on any atom is -0.392 e. The number of likely N-dealkylation sites (N-methyl/N-ethyl adjacent to an activating group) is 1. The summed E-state index contributed by atoms with van der Waals surface area (Å²) in [5, 5.41) is 9.07. The van der Waals surface area contributed by atoms with Crippen molar-refractivity contribution in [3.63, 3.8) is 0 Å². The van der Waals surface area contributed by atoms with Crippen LogP contribution >= 0.6 is 0 Å². The molecule has 14 heavy (non-hydrogen) atoms. The fourth-order valence-corrected chi connectivity index (χ4v) is 2.33. The fraction of sp³-hybridized carbons (Fsp3) is 0.500. The molecular weight excluding hydrogens is 174 g/mol. The average Bonchev–Trinajstić information content (AvgIpc) is 2.37. The van der Waals surface area contributed by atoms with Crippen LogP contribution < -0.4 is 4.90 Å². The van der Waals surface area contributed by atoms with E-state index in [0.29, 0.717) is 0 Å². The highest BCUT2D eigenvalue weighted by Crippen LogP contribution is 2.39. The van der Waals surface area contributed by atoms with Crippen LogP contribution in [-0.2, 0) is 12.0 Å². The summed E-state index contributed by atoms with van der Waals surface area (Å²) in [5.41, 5.74) is 3.88. The van der Waals surface area contributed by atoms with E-state index < -0.39 is 0 Å². The number of aliphatic hydroxyl groups excluding tert-OH is 1. The van der Waals surface area contributed by atoms with Crippen LogP contribution in [0.15, 0.2) is 18.2 Å². The predicted molar refractivity (Wildman–Crippen MR) is 58.7 cm³/mol. The number of rotatable bonds is 1. The molecule has 0 saturated carbocycles. The van der Waals surface area contributed by atoms with Crippen molar-refractivity contribution in [2.24, 2.45) is 0 Å². The summed E-state index contributed by atoms with van der Waals surface area (Å²) in [5.74, 6) is 0. The van der Waals surface area contributed by atoms with Crippen LogP contribution in [0.4, 0.5) is 5.69 Å². The topological polar surface area (TPSA) is 23.5 Å². The first-order valence-electron chi connectivity index (χ1n) is 5.00. The van der Waals surface area contributed by atoms with Crippen LogP contribution in [0.3, 0.4) is 0 Å². The summed E-state index contributed by atoms with van der Waals surface area (Å²) in [6.45, 7) is 5.70. The summed E-state index contributed by atoms with van der Waals surface area (Å²) >= 11 is 0. The van der Waals surface area contributed by atoms with Gasteiger partial charge in [0.2, 0.25) is 0 Å². The molecule has 0 aromatic heterocycles. The van der Waals surface area contributed by atoms with Gasteiger partial charge in [-0.15, -0.1) is 0 Å². The van der Waals surface area contributed by atoms with E-state index in [0.717, 1.165) is 12.1 Å². The highest BCUT2D eigenvalue weighted by molar-refractivity contribution is 5.62. The lowest BCUT2D eigenvalue weighted by atomic mass is 9.86. The lowest BCUT2D eigenvalue weighted by molar-refractivity contribution is 0.282. The van der Waals surface area contributed by atoms with Crippen LogP contribution in [0.25, 0.3) is 0 Å². The molecule has 0 saturated heterocycles. The van der Waals surface area contributed by atoms with Gasteiger partial charge in [-0.05, 0) is 17.2 Å². The van der Waals surface area contributed by atoms with E-state index in [-0.39, 0.29) is 12.0 Å². The van der Waals surface area contributed by atoms with Crippen molar-refractivity contribution in [1.82, 2.24) is 0 Å². The first-order valence-corrected chi connectivity index (χ1v) is 5.00. The zero-order chi connectivity index (χ0) is 10.3. The number of fused-ring (bicyclic) bond motifs is 1. The zero-order valence-corrected chi connectivity index (χ0v) is 9.04. The van der Waals surface area contributed by atoms with Gasteiger partial charge in [-0.25, -0.2) is 0 Å². The third-order valence-corrected chi connectivity index (χ3v) is 3.02. The highest BCUT2D eigenvalue weighted by atomic mass is 16.3. The number of aliphatic hydroxyl groups is 1. The van der Waals surface area contributed by atoms with Gasteiger partial charge < -0.3 is 10.0 Å². The first-order chi connectivity index (χ1) is 6.54. The van der Waals surface area contributed by atoms with E-state index in [9.17, 15) is 0 Å². The summed E-state index contributed by atoms with van der Waals surface area (Å²) in [6.07, 6.45) is 0. The Bertz CT molecular complexity index is 357. The molecule has 2 heteroatoms. The minimum atomic E-state index is 0.127. The molecule has 1 aromatic carbocycles. The van der Waals surface area contributed by atoms with Crippen molar-refractivity contribution in [3.05, 3.63) is 29.3 Å². The van der Waals surface area contributed by atoms with Crippen molar-refractivity contribution in [2.75, 3.05) is 18.5 Å². The minimum absolute atomic E-state index is 0.127. The maximum atomic E-state index is 9.07. The maximum absolute atomic E-state index is 9.07. The first kappa shape index (κ1) is 9.53. The van der Waals surface area contributed by atoms with E-state index in [2.05, 4.69) is 37.9 Å². The number of anilines is 1. The molecule has 0 fully saturated rings. The summed E-state index contributed by atoms with van der Waals surface area (Å²) in [4.78, 5) is 2.26. The second-order valence-corrected chi connectivity index (χ2v) is 4.75. The molecule has 0 atom stereocenters. The molecule has 0 radical (unpaired) electrons. The Kier molecular flexibility index (Phi) is 2.04. The second-order valence-electron chi connectivity index (χ2n) is 4.75. The molecule has 0 bridgehead atoms. The van der Waals surface area contributed by atoms with Gasteiger partial charge in [-0.1, -0.05) is 26.0 Å². The SMILES string of the molecule is CN1CC(C)(C)c2ccc(CO)cc21. The molecule has 0 amide bonds. The molecule has 2 rings (SSSR count). The fourth-order valence-electron chi connectivity index (χ4n) is 2.33. The molecule has 1 aliphatic rings. The Morgan fingerprint density at radius 1 is 1.43 bits per heavy atom. The van der Waals surface area contributed by atoms with Crippen molar-refractivity contribution >= 4 is 5.69 Å². The molecule has 2 nitrogen and oxygen atoms in total. The van der Waals surface area contributed by atoms with Gasteiger partial charge >= 0.3 is 0 Å². The largest absolute Gasteiger partial charge is 0.392 e. The zero-order valence-electron chi connectivity index (χ0n) is 9.04. The quantitative estimate of drug-likeness (QED) is 0.733. The van der Waals surface area contributed by atoms with Crippen LogP contribution in [0.1, 0.15) is 25.0 Å². The van der Waals surface area contributed by atoms with Gasteiger partial charge in [-0.3, -0.25) is 0 Å². The van der Waals surface area contributed by atoms with Gasteiger partial charge in [-0.2, -0.15) is 0 Å². The monoisotopic (exact) mass is 191 g/mol. The lowest BCUT2D eigenvalue weighted by Crippen LogP contribution is -2.24. The molecule has 1 N–H and O–H groups in total. The van der Waals surface area contributed by atoms with E-state index >= 15 is 0 Å². The van der Waals surface area contributed by atoms with Gasteiger partial charge in [0.25, 0.3) is 0 Å². The summed E-state index contributed by atoms with van der Waals surface area (Å²) in [6, 6.07) is 6.24. The molecule has 0 aliphatic carbocycles. The molecule has 1 heterocycles. The molecule has 1 aromatic rings. The van der Waals surface area contributed by atoms with E-state index in [4.69, 9.17) is 5.11 Å². The molecule has 0 unspecified atom stereocenters. The Morgan fingerprint density at radius 2 is 2.14 bits per heavy atom. The number of hydrogen-bond donors (Lipinski definition) is 1. The van der Waals surface area contributed by atoms with Crippen LogP contribution in [0.2, 0.25) is 0 Å². The average molecular weight is 191 g/mol. The molecule has 76 valence electrons. The Hall–Kier alpha value is -1.02. The molecule has 1 aliphatic heterocycles. The number of benzene rings is 1. The summed E-state index contributed by atoms with van der Waals surface area (Å²) < 4.78 is 0. The Labute approximate surface area is 85.2 Å². The normalized spacial score (nSPS) is 18.4. The van der Waals surface area contributed by atoms with E-state index in [1.807, 2.05) is 6.07 Å². The lowest BCUT2D eigenvalue weighted by Gasteiger charge is -2.18. The van der Waals surface area contributed by atoms with E-state index in [1.165, 1.54) is 11.3 Å².